The highest BCUT2D eigenvalue weighted by atomic mass is 35.5. The van der Waals surface area contributed by atoms with Crippen molar-refractivity contribution < 1.29 is 4.79 Å². The number of imidazole rings is 1. The lowest BCUT2D eigenvalue weighted by Crippen LogP contribution is -2.35. The third kappa shape index (κ3) is 4.37. The van der Waals surface area contributed by atoms with Gasteiger partial charge in [0.2, 0.25) is 5.91 Å². The molecule has 0 aliphatic heterocycles. The largest absolute Gasteiger partial charge is 0.336 e. The minimum atomic E-state index is -0.255. The van der Waals surface area contributed by atoms with Gasteiger partial charge < -0.3 is 14.9 Å². The number of nitrogens with one attached hydrogen (secondary N) is 2. The zero-order chi connectivity index (χ0) is 19.6. The number of H-pyrrole nitrogens is 2. The van der Waals surface area contributed by atoms with Crippen molar-refractivity contribution in [2.45, 2.75) is 32.7 Å². The van der Waals surface area contributed by atoms with Gasteiger partial charge in [-0.1, -0.05) is 42.3 Å². The van der Waals surface area contributed by atoms with Crippen LogP contribution >= 0.6 is 23.2 Å². The minimum Gasteiger partial charge on any atom is -0.336 e. The summed E-state index contributed by atoms with van der Waals surface area (Å²) in [5.41, 5.74) is 2.96. The van der Waals surface area contributed by atoms with Crippen molar-refractivity contribution in [3.05, 3.63) is 68.1 Å². The molecule has 0 spiro atoms. The maximum atomic E-state index is 13.0. The van der Waals surface area contributed by atoms with Gasteiger partial charge in [-0.2, -0.15) is 0 Å². The smallest absolute Gasteiger partial charge is 0.323 e. The number of fused-ring (bicyclic) bond motifs is 1. The molecule has 0 saturated heterocycles. The number of benzene rings is 2. The molecule has 2 N–H and O–H groups in total. The standard InChI is InChI=1S/C20H21Cl2N3O2/c1-3-8-25(12(2)14-5-6-15(21)16(22)11-14)19(26)10-13-4-7-17-18(9-13)24-20(27)23-17/h4-7,9,11-12H,3,8,10H2,1-2H3,(H2,23,24,27). The van der Waals surface area contributed by atoms with Crippen molar-refractivity contribution in [1.82, 2.24) is 14.9 Å². The average molecular weight is 406 g/mol. The summed E-state index contributed by atoms with van der Waals surface area (Å²) in [4.78, 5) is 31.7. The van der Waals surface area contributed by atoms with Gasteiger partial charge in [-0.05, 0) is 48.7 Å². The Labute approximate surface area is 167 Å². The van der Waals surface area contributed by atoms with Crippen LogP contribution in [0.3, 0.4) is 0 Å². The topological polar surface area (TPSA) is 69.0 Å². The van der Waals surface area contributed by atoms with Gasteiger partial charge in [0.1, 0.15) is 0 Å². The van der Waals surface area contributed by atoms with Crippen LogP contribution in [-0.2, 0) is 11.2 Å². The second-order valence-corrected chi connectivity index (χ2v) is 7.39. The Morgan fingerprint density at radius 2 is 1.81 bits per heavy atom. The first-order valence-corrected chi connectivity index (χ1v) is 9.60. The van der Waals surface area contributed by atoms with E-state index in [9.17, 15) is 9.59 Å². The number of hydrogen-bond donors (Lipinski definition) is 2. The van der Waals surface area contributed by atoms with E-state index in [4.69, 9.17) is 23.2 Å². The van der Waals surface area contributed by atoms with Crippen LogP contribution in [0.5, 0.6) is 0 Å². The number of nitrogens with zero attached hydrogens (tertiary/aromatic N) is 1. The van der Waals surface area contributed by atoms with Crippen LogP contribution in [0.25, 0.3) is 11.0 Å². The highest BCUT2D eigenvalue weighted by Gasteiger charge is 2.21. The number of carbonyl (C=O) groups excluding carboxylic acids is 1. The second kappa shape index (κ2) is 8.19. The van der Waals surface area contributed by atoms with Gasteiger partial charge in [-0.3, -0.25) is 4.79 Å². The number of carbonyl (C=O) groups is 1. The number of hydrogen-bond acceptors (Lipinski definition) is 2. The van der Waals surface area contributed by atoms with E-state index in [0.717, 1.165) is 23.1 Å². The lowest BCUT2D eigenvalue weighted by atomic mass is 10.0. The van der Waals surface area contributed by atoms with Crippen molar-refractivity contribution >= 4 is 40.1 Å². The lowest BCUT2D eigenvalue weighted by molar-refractivity contribution is -0.132. The predicted octanol–water partition coefficient (Wildman–Crippen LogP) is 4.71. The first-order chi connectivity index (χ1) is 12.9. The normalized spacial score (nSPS) is 12.3. The van der Waals surface area contributed by atoms with Gasteiger partial charge >= 0.3 is 5.69 Å². The van der Waals surface area contributed by atoms with Gasteiger partial charge in [0, 0.05) is 6.54 Å². The molecule has 1 aromatic heterocycles. The molecule has 0 fully saturated rings. The molecule has 27 heavy (non-hydrogen) atoms. The number of amides is 1. The summed E-state index contributed by atoms with van der Waals surface area (Å²) in [6, 6.07) is 10.8. The first-order valence-electron chi connectivity index (χ1n) is 8.84. The van der Waals surface area contributed by atoms with Crippen LogP contribution in [0.15, 0.2) is 41.2 Å². The predicted molar refractivity (Wildman–Crippen MR) is 110 cm³/mol. The highest BCUT2D eigenvalue weighted by Crippen LogP contribution is 2.29. The van der Waals surface area contributed by atoms with Crippen molar-refractivity contribution in [2.75, 3.05) is 6.54 Å². The minimum absolute atomic E-state index is 0.0210. The maximum Gasteiger partial charge on any atom is 0.323 e. The van der Waals surface area contributed by atoms with E-state index < -0.39 is 0 Å². The quantitative estimate of drug-likeness (QED) is 0.623. The summed E-state index contributed by atoms with van der Waals surface area (Å²) in [7, 11) is 0. The van der Waals surface area contributed by atoms with Crippen LogP contribution in [0.2, 0.25) is 10.0 Å². The Balaban J connectivity index is 1.82. The number of aromatic amines is 2. The molecule has 0 bridgehead atoms. The fourth-order valence-corrected chi connectivity index (χ4v) is 3.50. The molecule has 7 heteroatoms. The Kier molecular flexibility index (Phi) is 5.92. The van der Waals surface area contributed by atoms with E-state index in [0.29, 0.717) is 22.1 Å². The zero-order valence-corrected chi connectivity index (χ0v) is 16.7. The fourth-order valence-electron chi connectivity index (χ4n) is 3.19. The molecule has 0 saturated carbocycles. The second-order valence-electron chi connectivity index (χ2n) is 6.57. The van der Waals surface area contributed by atoms with Crippen molar-refractivity contribution in [3.63, 3.8) is 0 Å². The van der Waals surface area contributed by atoms with Crippen molar-refractivity contribution in [1.29, 1.82) is 0 Å². The molecular weight excluding hydrogens is 385 g/mol. The molecule has 1 atom stereocenters. The molecule has 142 valence electrons. The van der Waals surface area contributed by atoms with Crippen LogP contribution < -0.4 is 5.69 Å². The fraction of sp³-hybridized carbons (Fsp3) is 0.300. The monoisotopic (exact) mass is 405 g/mol. The maximum absolute atomic E-state index is 13.0. The van der Waals surface area contributed by atoms with Crippen molar-refractivity contribution in [3.8, 4) is 0 Å². The van der Waals surface area contributed by atoms with E-state index in [1.165, 1.54) is 0 Å². The first kappa shape index (κ1) is 19.5. The third-order valence-electron chi connectivity index (χ3n) is 4.61. The summed E-state index contributed by atoms with van der Waals surface area (Å²) in [5, 5.41) is 0.974. The summed E-state index contributed by atoms with van der Waals surface area (Å²) >= 11 is 12.1. The Bertz CT molecular complexity index is 1030. The van der Waals surface area contributed by atoms with Crippen LogP contribution in [0.1, 0.15) is 37.4 Å². The van der Waals surface area contributed by atoms with Crippen LogP contribution in [0.4, 0.5) is 0 Å². The molecule has 5 nitrogen and oxygen atoms in total. The molecule has 3 rings (SSSR count). The van der Waals surface area contributed by atoms with E-state index in [1.54, 1.807) is 12.1 Å². The molecule has 0 radical (unpaired) electrons. The van der Waals surface area contributed by atoms with Crippen molar-refractivity contribution in [2.24, 2.45) is 0 Å². The van der Waals surface area contributed by atoms with E-state index in [1.807, 2.05) is 43.0 Å². The lowest BCUT2D eigenvalue weighted by Gasteiger charge is -2.30. The Hall–Kier alpha value is -2.24. The van der Waals surface area contributed by atoms with Crippen LogP contribution in [-0.4, -0.2) is 27.3 Å². The number of aromatic nitrogens is 2. The van der Waals surface area contributed by atoms with E-state index in [-0.39, 0.29) is 24.1 Å². The van der Waals surface area contributed by atoms with Gasteiger partial charge in [0.15, 0.2) is 0 Å². The zero-order valence-electron chi connectivity index (χ0n) is 15.2. The molecular formula is C20H21Cl2N3O2. The summed E-state index contributed by atoms with van der Waals surface area (Å²) in [5.74, 6) is 0.0210. The molecule has 0 aliphatic carbocycles. The molecule has 2 aromatic carbocycles. The number of rotatable bonds is 6. The average Bonchev–Trinajstić information content (AvgIpc) is 3.00. The van der Waals surface area contributed by atoms with Gasteiger partial charge in [0.25, 0.3) is 0 Å². The molecule has 1 amide bonds. The highest BCUT2D eigenvalue weighted by molar-refractivity contribution is 6.42. The van der Waals surface area contributed by atoms with Gasteiger partial charge in [-0.25, -0.2) is 4.79 Å². The van der Waals surface area contributed by atoms with Crippen LogP contribution in [0, 0.1) is 0 Å². The van der Waals surface area contributed by atoms with Gasteiger partial charge in [-0.15, -0.1) is 0 Å². The molecule has 3 aromatic rings. The summed E-state index contributed by atoms with van der Waals surface area (Å²) in [6.45, 7) is 4.67. The van der Waals surface area contributed by atoms with E-state index >= 15 is 0 Å². The summed E-state index contributed by atoms with van der Waals surface area (Å²) < 4.78 is 0. The SMILES string of the molecule is CCCN(C(=O)Cc1ccc2[nH]c(=O)[nH]c2c1)C(C)c1ccc(Cl)c(Cl)c1. The molecule has 1 heterocycles. The summed E-state index contributed by atoms with van der Waals surface area (Å²) in [6.07, 6.45) is 1.11. The van der Waals surface area contributed by atoms with Gasteiger partial charge in [0.05, 0.1) is 33.5 Å². The number of halogens is 2. The third-order valence-corrected chi connectivity index (χ3v) is 5.35. The Morgan fingerprint density at radius 1 is 1.07 bits per heavy atom. The van der Waals surface area contributed by atoms with E-state index in [2.05, 4.69) is 9.97 Å². The Morgan fingerprint density at radius 3 is 2.52 bits per heavy atom. The molecule has 1 unspecified atom stereocenters. The molecule has 0 aliphatic rings.